The number of imidazole rings is 1. The van der Waals surface area contributed by atoms with Crippen LogP contribution in [-0.2, 0) is 0 Å². The van der Waals surface area contributed by atoms with E-state index in [2.05, 4.69) is 40.7 Å². The van der Waals surface area contributed by atoms with Gasteiger partial charge in [-0.05, 0) is 19.4 Å². The predicted molar refractivity (Wildman–Crippen MR) is 57.2 cm³/mol. The molecule has 0 saturated heterocycles. The summed E-state index contributed by atoms with van der Waals surface area (Å²) in [6.07, 6.45) is 3.86. The molecule has 0 spiro atoms. The summed E-state index contributed by atoms with van der Waals surface area (Å²) in [6.45, 7) is 4.21. The average Bonchev–Trinajstić information content (AvgIpc) is 2.65. The molecule has 0 radical (unpaired) electrons. The molecule has 72 valence electrons. The first-order valence-corrected chi connectivity index (χ1v) is 4.83. The van der Waals surface area contributed by atoms with Crippen molar-refractivity contribution in [2.45, 2.75) is 19.9 Å². The largest absolute Gasteiger partial charge is 0.328 e. The van der Waals surface area contributed by atoms with Gasteiger partial charge in [0.05, 0.1) is 6.04 Å². The highest BCUT2D eigenvalue weighted by molar-refractivity contribution is 5.19. The van der Waals surface area contributed by atoms with Crippen LogP contribution in [0.3, 0.4) is 0 Å². The maximum atomic E-state index is 4.23. The number of hydrogen-bond donors (Lipinski definition) is 0. The number of aryl methyl sites for hydroxylation is 1. The van der Waals surface area contributed by atoms with Crippen molar-refractivity contribution in [1.29, 1.82) is 0 Å². The van der Waals surface area contributed by atoms with Crippen LogP contribution in [0.25, 0.3) is 0 Å². The summed E-state index contributed by atoms with van der Waals surface area (Å²) in [7, 11) is 0. The summed E-state index contributed by atoms with van der Waals surface area (Å²) in [5.74, 6) is 1.06. The number of aromatic nitrogens is 2. The maximum Gasteiger partial charge on any atom is 0.106 e. The van der Waals surface area contributed by atoms with E-state index in [-0.39, 0.29) is 0 Å². The minimum atomic E-state index is 0.360. The molecule has 0 unspecified atom stereocenters. The third-order valence-corrected chi connectivity index (χ3v) is 2.56. The summed E-state index contributed by atoms with van der Waals surface area (Å²) in [6, 6.07) is 10.8. The SMILES string of the molecule is Cc1nccn1[C@H](C)c1ccccc1. The number of nitrogens with zero attached hydrogens (tertiary/aromatic N) is 2. The first-order chi connectivity index (χ1) is 6.79. The van der Waals surface area contributed by atoms with E-state index in [0.29, 0.717) is 6.04 Å². The lowest BCUT2D eigenvalue weighted by Gasteiger charge is -2.15. The van der Waals surface area contributed by atoms with E-state index in [0.717, 1.165) is 5.82 Å². The molecule has 0 bridgehead atoms. The van der Waals surface area contributed by atoms with E-state index in [9.17, 15) is 0 Å². The van der Waals surface area contributed by atoms with Crippen molar-refractivity contribution >= 4 is 0 Å². The predicted octanol–water partition coefficient (Wildman–Crippen LogP) is 2.80. The van der Waals surface area contributed by atoms with Gasteiger partial charge in [0.15, 0.2) is 0 Å². The van der Waals surface area contributed by atoms with E-state index in [4.69, 9.17) is 0 Å². The fourth-order valence-electron chi connectivity index (χ4n) is 1.69. The van der Waals surface area contributed by atoms with Gasteiger partial charge >= 0.3 is 0 Å². The molecule has 14 heavy (non-hydrogen) atoms. The van der Waals surface area contributed by atoms with E-state index >= 15 is 0 Å². The van der Waals surface area contributed by atoms with Crippen molar-refractivity contribution in [1.82, 2.24) is 9.55 Å². The standard InChI is InChI=1S/C12H14N2/c1-10(12-6-4-3-5-7-12)14-9-8-13-11(14)2/h3-10H,1-2H3/t10-/m1/s1. The molecule has 0 N–H and O–H groups in total. The molecule has 0 fully saturated rings. The minimum Gasteiger partial charge on any atom is -0.328 e. The van der Waals surface area contributed by atoms with Crippen LogP contribution in [0.4, 0.5) is 0 Å². The highest BCUT2D eigenvalue weighted by Crippen LogP contribution is 2.18. The van der Waals surface area contributed by atoms with Crippen molar-refractivity contribution < 1.29 is 0 Å². The second kappa shape index (κ2) is 3.66. The second-order valence-electron chi connectivity index (χ2n) is 3.47. The molecule has 1 aromatic carbocycles. The fourth-order valence-corrected chi connectivity index (χ4v) is 1.69. The average molecular weight is 186 g/mol. The van der Waals surface area contributed by atoms with Crippen LogP contribution in [0.15, 0.2) is 42.7 Å². The zero-order valence-corrected chi connectivity index (χ0v) is 8.51. The van der Waals surface area contributed by atoms with E-state index in [1.165, 1.54) is 5.56 Å². The van der Waals surface area contributed by atoms with Crippen LogP contribution in [0.1, 0.15) is 24.4 Å². The van der Waals surface area contributed by atoms with Gasteiger partial charge in [-0.3, -0.25) is 0 Å². The smallest absolute Gasteiger partial charge is 0.106 e. The maximum absolute atomic E-state index is 4.23. The second-order valence-corrected chi connectivity index (χ2v) is 3.47. The molecule has 2 rings (SSSR count). The van der Waals surface area contributed by atoms with Gasteiger partial charge in [0.1, 0.15) is 5.82 Å². The number of benzene rings is 1. The molecular formula is C12H14N2. The van der Waals surface area contributed by atoms with Crippen molar-refractivity contribution in [2.24, 2.45) is 0 Å². The Balaban J connectivity index is 2.34. The lowest BCUT2D eigenvalue weighted by Crippen LogP contribution is -2.07. The monoisotopic (exact) mass is 186 g/mol. The van der Waals surface area contributed by atoms with Crippen LogP contribution < -0.4 is 0 Å². The molecule has 2 nitrogen and oxygen atoms in total. The molecule has 0 aliphatic heterocycles. The summed E-state index contributed by atoms with van der Waals surface area (Å²) < 4.78 is 2.18. The van der Waals surface area contributed by atoms with Gasteiger partial charge in [-0.1, -0.05) is 30.3 Å². The summed E-state index contributed by atoms with van der Waals surface area (Å²) in [4.78, 5) is 4.23. The summed E-state index contributed by atoms with van der Waals surface area (Å²) >= 11 is 0. The topological polar surface area (TPSA) is 17.8 Å². The first-order valence-electron chi connectivity index (χ1n) is 4.83. The molecule has 2 heteroatoms. The van der Waals surface area contributed by atoms with E-state index in [1.807, 2.05) is 25.4 Å². The lowest BCUT2D eigenvalue weighted by atomic mass is 10.1. The Bertz CT molecular complexity index is 403. The Hall–Kier alpha value is -1.57. The van der Waals surface area contributed by atoms with Crippen molar-refractivity contribution in [3.8, 4) is 0 Å². The first kappa shape index (κ1) is 9.00. The summed E-state index contributed by atoms with van der Waals surface area (Å²) in [5.41, 5.74) is 1.31. The van der Waals surface area contributed by atoms with Gasteiger partial charge in [0.2, 0.25) is 0 Å². The quantitative estimate of drug-likeness (QED) is 0.705. The molecule has 1 aromatic heterocycles. The van der Waals surface area contributed by atoms with Gasteiger partial charge in [-0.15, -0.1) is 0 Å². The third kappa shape index (κ3) is 1.55. The van der Waals surface area contributed by atoms with Crippen molar-refractivity contribution in [3.63, 3.8) is 0 Å². The van der Waals surface area contributed by atoms with Crippen LogP contribution in [-0.4, -0.2) is 9.55 Å². The molecule has 1 atom stereocenters. The Morgan fingerprint density at radius 3 is 2.50 bits per heavy atom. The molecule has 1 heterocycles. The van der Waals surface area contributed by atoms with Gasteiger partial charge in [0, 0.05) is 12.4 Å². The zero-order chi connectivity index (χ0) is 9.97. The third-order valence-electron chi connectivity index (χ3n) is 2.56. The van der Waals surface area contributed by atoms with Gasteiger partial charge in [0.25, 0.3) is 0 Å². The fraction of sp³-hybridized carbons (Fsp3) is 0.250. The van der Waals surface area contributed by atoms with Crippen molar-refractivity contribution in [2.75, 3.05) is 0 Å². The van der Waals surface area contributed by atoms with Gasteiger partial charge in [-0.25, -0.2) is 4.98 Å². The normalized spacial score (nSPS) is 12.7. The van der Waals surface area contributed by atoms with E-state index < -0.39 is 0 Å². The molecular weight excluding hydrogens is 172 g/mol. The minimum absolute atomic E-state index is 0.360. The Labute approximate surface area is 84.2 Å². The Morgan fingerprint density at radius 2 is 1.93 bits per heavy atom. The Morgan fingerprint density at radius 1 is 1.21 bits per heavy atom. The Kier molecular flexibility index (Phi) is 2.35. The van der Waals surface area contributed by atoms with Crippen LogP contribution >= 0.6 is 0 Å². The lowest BCUT2D eigenvalue weighted by molar-refractivity contribution is 0.619. The highest BCUT2D eigenvalue weighted by Gasteiger charge is 2.08. The van der Waals surface area contributed by atoms with Crippen LogP contribution in [0.5, 0.6) is 0 Å². The molecule has 0 aliphatic carbocycles. The van der Waals surface area contributed by atoms with Gasteiger partial charge in [-0.2, -0.15) is 0 Å². The van der Waals surface area contributed by atoms with E-state index in [1.54, 1.807) is 0 Å². The van der Waals surface area contributed by atoms with Crippen LogP contribution in [0, 0.1) is 6.92 Å². The molecule has 0 saturated carbocycles. The number of rotatable bonds is 2. The molecule has 2 aromatic rings. The van der Waals surface area contributed by atoms with Gasteiger partial charge < -0.3 is 4.57 Å². The number of hydrogen-bond acceptors (Lipinski definition) is 1. The zero-order valence-electron chi connectivity index (χ0n) is 8.51. The highest BCUT2D eigenvalue weighted by atomic mass is 15.1. The summed E-state index contributed by atoms with van der Waals surface area (Å²) in [5, 5.41) is 0. The van der Waals surface area contributed by atoms with Crippen LogP contribution in [0.2, 0.25) is 0 Å². The molecule has 0 amide bonds. The molecule has 0 aliphatic rings. The van der Waals surface area contributed by atoms with Crippen molar-refractivity contribution in [3.05, 3.63) is 54.1 Å².